The third-order valence-electron chi connectivity index (χ3n) is 8.69. The second-order valence-electron chi connectivity index (χ2n) is 11.7. The van der Waals surface area contributed by atoms with E-state index in [-0.39, 0.29) is 5.92 Å². The van der Waals surface area contributed by atoms with Crippen molar-refractivity contribution < 1.29 is 38.3 Å². The van der Waals surface area contributed by atoms with Gasteiger partial charge in [-0.3, -0.25) is 0 Å². The van der Waals surface area contributed by atoms with Crippen LogP contribution in [0.3, 0.4) is 0 Å². The summed E-state index contributed by atoms with van der Waals surface area (Å²) in [6.45, 7) is 11.2. The molecule has 1 aliphatic heterocycles. The summed E-state index contributed by atoms with van der Waals surface area (Å²) >= 11 is 0. The highest BCUT2D eigenvalue weighted by molar-refractivity contribution is 5.89. The summed E-state index contributed by atoms with van der Waals surface area (Å²) < 4.78 is 36.3. The minimum atomic E-state index is -1.20. The predicted octanol–water partition coefficient (Wildman–Crippen LogP) is 6.47. The van der Waals surface area contributed by atoms with Crippen molar-refractivity contribution in [1.82, 2.24) is 0 Å². The van der Waals surface area contributed by atoms with Crippen LogP contribution in [0.5, 0.6) is 11.5 Å². The summed E-state index contributed by atoms with van der Waals surface area (Å²) in [6, 6.07) is 26.1. The lowest BCUT2D eigenvalue weighted by Gasteiger charge is -2.53. The van der Waals surface area contributed by atoms with Crippen LogP contribution in [0.4, 0.5) is 0 Å². The molecular weight excluding hydrogens is 572 g/mol. The van der Waals surface area contributed by atoms with Crippen molar-refractivity contribution in [2.24, 2.45) is 17.8 Å². The Morgan fingerprint density at radius 3 is 2.20 bits per heavy atom. The molecule has 8 heteroatoms. The number of methoxy groups -OCH3 is 2. The minimum Gasteiger partial charge on any atom is -0.497 e. The number of benzene rings is 3. The first kappa shape index (κ1) is 34.2. The number of aliphatic hydroxyl groups is 1. The largest absolute Gasteiger partial charge is 0.497 e. The van der Waals surface area contributed by atoms with Crippen LogP contribution in [0.25, 0.3) is 0 Å². The SMILES string of the molecule is C=C1[C@@H]([C@H](C)[C@@H](O)CCOc2ccc(OC)cc2)O[C@@](OC)([C@@H](C)COCc2ccccc2)[C@H](C)[C@H]1OC(=O)c1ccccc1. The maximum atomic E-state index is 13.3. The highest BCUT2D eigenvalue weighted by atomic mass is 16.7. The molecule has 1 fully saturated rings. The van der Waals surface area contributed by atoms with E-state index in [1.54, 1.807) is 38.5 Å². The van der Waals surface area contributed by atoms with E-state index in [1.165, 1.54) is 0 Å². The Balaban J connectivity index is 1.52. The maximum absolute atomic E-state index is 13.3. The fraction of sp³-hybridized carbons (Fsp3) is 0.432. The van der Waals surface area contributed by atoms with E-state index in [4.69, 9.17) is 28.4 Å². The van der Waals surface area contributed by atoms with Crippen LogP contribution in [-0.4, -0.2) is 62.6 Å². The highest BCUT2D eigenvalue weighted by Crippen LogP contribution is 2.46. The van der Waals surface area contributed by atoms with Crippen molar-refractivity contribution in [1.29, 1.82) is 0 Å². The van der Waals surface area contributed by atoms with Crippen LogP contribution in [-0.2, 0) is 25.6 Å². The topological polar surface area (TPSA) is 92.7 Å². The summed E-state index contributed by atoms with van der Waals surface area (Å²) in [6.07, 6.45) is -1.87. The van der Waals surface area contributed by atoms with Crippen molar-refractivity contribution in [2.75, 3.05) is 27.4 Å². The third-order valence-corrected chi connectivity index (χ3v) is 8.69. The van der Waals surface area contributed by atoms with Gasteiger partial charge in [-0.25, -0.2) is 4.79 Å². The van der Waals surface area contributed by atoms with Gasteiger partial charge in [0.2, 0.25) is 0 Å². The molecule has 0 aliphatic carbocycles. The van der Waals surface area contributed by atoms with Gasteiger partial charge < -0.3 is 33.5 Å². The maximum Gasteiger partial charge on any atom is 0.338 e. The molecule has 0 unspecified atom stereocenters. The molecule has 0 spiro atoms. The van der Waals surface area contributed by atoms with E-state index in [0.717, 1.165) is 11.3 Å². The third kappa shape index (κ3) is 8.32. The fourth-order valence-electron chi connectivity index (χ4n) is 5.93. The Morgan fingerprint density at radius 2 is 1.58 bits per heavy atom. The van der Waals surface area contributed by atoms with Crippen molar-refractivity contribution in [3.8, 4) is 11.5 Å². The van der Waals surface area contributed by atoms with Gasteiger partial charge in [0.05, 0.1) is 50.6 Å². The normalized spacial score (nSPS) is 23.5. The summed E-state index contributed by atoms with van der Waals surface area (Å²) in [4.78, 5) is 13.3. The second-order valence-corrected chi connectivity index (χ2v) is 11.7. The van der Waals surface area contributed by atoms with E-state index in [0.29, 0.717) is 43.1 Å². The van der Waals surface area contributed by atoms with Crippen LogP contribution >= 0.6 is 0 Å². The number of rotatable bonds is 15. The van der Waals surface area contributed by atoms with Crippen LogP contribution in [0, 0.1) is 17.8 Å². The Bertz CT molecular complexity index is 1350. The number of esters is 1. The predicted molar refractivity (Wildman–Crippen MR) is 172 cm³/mol. The molecule has 0 bridgehead atoms. The van der Waals surface area contributed by atoms with Gasteiger partial charge >= 0.3 is 5.97 Å². The zero-order valence-electron chi connectivity index (χ0n) is 26.9. The molecule has 7 atom stereocenters. The standard InChI is InChI=1S/C37H46O8/c1-25(23-42-24-29-13-9-7-10-14-29)37(41-6)28(4)35(44-36(39)30-15-11-8-12-16-30)27(3)34(45-37)26(2)33(38)21-22-43-32-19-17-31(40-5)18-20-32/h7-20,25-26,28,33-35,38H,3,21-24H2,1-2,4-6H3/t25-,26+,28+,33-,34+,35-,37-/m0/s1. The average molecular weight is 619 g/mol. The van der Waals surface area contributed by atoms with Crippen LogP contribution in [0.2, 0.25) is 0 Å². The summed E-state index contributed by atoms with van der Waals surface area (Å²) in [5.74, 6) is -1.37. The average Bonchev–Trinajstić information content (AvgIpc) is 3.07. The first-order chi connectivity index (χ1) is 21.7. The second kappa shape index (κ2) is 16.0. The smallest absolute Gasteiger partial charge is 0.338 e. The molecule has 4 rings (SSSR count). The number of hydrogen-bond donors (Lipinski definition) is 1. The van der Waals surface area contributed by atoms with E-state index < -0.39 is 41.9 Å². The zero-order chi connectivity index (χ0) is 32.4. The van der Waals surface area contributed by atoms with Crippen molar-refractivity contribution in [3.05, 3.63) is 108 Å². The zero-order valence-corrected chi connectivity index (χ0v) is 26.9. The Morgan fingerprint density at radius 1 is 0.956 bits per heavy atom. The van der Waals surface area contributed by atoms with Gasteiger partial charge in [0, 0.05) is 25.4 Å². The van der Waals surface area contributed by atoms with Gasteiger partial charge in [-0.05, 0) is 47.5 Å². The molecule has 3 aromatic rings. The Labute approximate surface area is 266 Å². The number of hydrogen-bond acceptors (Lipinski definition) is 8. The highest BCUT2D eigenvalue weighted by Gasteiger charge is 2.56. The van der Waals surface area contributed by atoms with Gasteiger partial charge in [-0.15, -0.1) is 0 Å². The molecule has 1 heterocycles. The molecule has 242 valence electrons. The van der Waals surface area contributed by atoms with E-state index in [1.807, 2.05) is 81.4 Å². The molecule has 0 aromatic heterocycles. The van der Waals surface area contributed by atoms with Gasteiger partial charge in [-0.1, -0.05) is 75.9 Å². The molecular formula is C37H46O8. The summed E-state index contributed by atoms with van der Waals surface area (Å²) in [7, 11) is 3.20. The summed E-state index contributed by atoms with van der Waals surface area (Å²) in [5, 5.41) is 11.3. The van der Waals surface area contributed by atoms with Gasteiger partial charge in [-0.2, -0.15) is 0 Å². The van der Waals surface area contributed by atoms with Crippen LogP contribution in [0.1, 0.15) is 43.1 Å². The molecule has 0 amide bonds. The molecule has 1 saturated heterocycles. The lowest BCUT2D eigenvalue weighted by Crippen LogP contribution is -2.62. The lowest BCUT2D eigenvalue weighted by atomic mass is 9.75. The monoisotopic (exact) mass is 618 g/mol. The fourth-order valence-corrected chi connectivity index (χ4v) is 5.93. The van der Waals surface area contributed by atoms with Crippen molar-refractivity contribution >= 4 is 5.97 Å². The van der Waals surface area contributed by atoms with Crippen molar-refractivity contribution in [2.45, 2.75) is 57.9 Å². The van der Waals surface area contributed by atoms with Crippen LogP contribution < -0.4 is 9.47 Å². The van der Waals surface area contributed by atoms with Crippen LogP contribution in [0.15, 0.2) is 97.1 Å². The lowest BCUT2D eigenvalue weighted by molar-refractivity contribution is -0.332. The van der Waals surface area contributed by atoms with Crippen molar-refractivity contribution in [3.63, 3.8) is 0 Å². The van der Waals surface area contributed by atoms with E-state index in [9.17, 15) is 9.90 Å². The number of aliphatic hydroxyl groups excluding tert-OH is 1. The molecule has 3 aromatic carbocycles. The summed E-state index contributed by atoms with van der Waals surface area (Å²) in [5.41, 5.74) is 2.06. The molecule has 45 heavy (non-hydrogen) atoms. The molecule has 0 radical (unpaired) electrons. The first-order valence-electron chi connectivity index (χ1n) is 15.4. The van der Waals surface area contributed by atoms with Gasteiger partial charge in [0.25, 0.3) is 0 Å². The molecule has 8 nitrogen and oxygen atoms in total. The molecule has 1 N–H and O–H groups in total. The number of carbonyl (C=O) groups excluding carboxylic acids is 1. The van der Waals surface area contributed by atoms with E-state index >= 15 is 0 Å². The Kier molecular flexibility index (Phi) is 12.2. The first-order valence-corrected chi connectivity index (χ1v) is 15.4. The minimum absolute atomic E-state index is 0.266. The van der Waals surface area contributed by atoms with E-state index in [2.05, 4.69) is 6.58 Å². The van der Waals surface area contributed by atoms with Gasteiger partial charge in [0.15, 0.2) is 5.79 Å². The van der Waals surface area contributed by atoms with Gasteiger partial charge in [0.1, 0.15) is 17.6 Å². The number of ether oxygens (including phenoxy) is 6. The molecule has 1 aliphatic rings. The quantitative estimate of drug-likeness (QED) is 0.153. The molecule has 0 saturated carbocycles. The number of carbonyl (C=O) groups is 1. The Hall–Kier alpha value is -3.69.